The molecule has 1 aromatic carbocycles. The molecule has 1 N–H and O–H groups in total. The maximum Gasteiger partial charge on any atom is 0.293 e. The largest absolute Gasteiger partial charge is 0.379 e. The first kappa shape index (κ1) is 19.0. The highest BCUT2D eigenvalue weighted by Gasteiger charge is 2.17. The summed E-state index contributed by atoms with van der Waals surface area (Å²) in [6.07, 6.45) is 1.65. The highest BCUT2D eigenvalue weighted by atomic mass is 32.2. The van der Waals surface area contributed by atoms with E-state index < -0.39 is 14.9 Å². The smallest absolute Gasteiger partial charge is 0.293 e. The van der Waals surface area contributed by atoms with Gasteiger partial charge in [0.05, 0.1) is 11.2 Å². The molecule has 1 rings (SSSR count). The Balaban J connectivity index is 2.71. The Bertz CT molecular complexity index is 688. The van der Waals surface area contributed by atoms with Crippen LogP contribution in [0.3, 0.4) is 0 Å². The molecular weight excluding hydrogens is 322 g/mol. The van der Waals surface area contributed by atoms with Crippen LogP contribution in [-0.4, -0.2) is 49.3 Å². The summed E-state index contributed by atoms with van der Waals surface area (Å²) < 4.78 is 24.2. The second-order valence-electron chi connectivity index (χ2n) is 5.08. The third kappa shape index (κ3) is 5.61. The Hall–Kier alpha value is -2.00. The molecular formula is C14H21N3O5S. The monoisotopic (exact) mass is 343 g/mol. The molecule has 0 aliphatic carbocycles. The molecule has 0 aliphatic heterocycles. The lowest BCUT2D eigenvalue weighted by atomic mass is 10.1. The summed E-state index contributed by atoms with van der Waals surface area (Å²) in [5.41, 5.74) is 0.409. The van der Waals surface area contributed by atoms with Crippen LogP contribution in [0.25, 0.3) is 0 Å². The number of carbonyl (C=O) groups is 1. The van der Waals surface area contributed by atoms with Crippen LogP contribution in [0.15, 0.2) is 18.2 Å². The van der Waals surface area contributed by atoms with Crippen LogP contribution >= 0.6 is 0 Å². The fourth-order valence-corrected chi connectivity index (χ4v) is 3.02. The van der Waals surface area contributed by atoms with Crippen molar-refractivity contribution < 1.29 is 18.1 Å². The summed E-state index contributed by atoms with van der Waals surface area (Å²) in [6.45, 7) is 4.19. The van der Waals surface area contributed by atoms with E-state index >= 15 is 0 Å². The average molecular weight is 343 g/mol. The van der Waals surface area contributed by atoms with Crippen molar-refractivity contribution in [3.05, 3.63) is 33.9 Å². The van der Waals surface area contributed by atoms with Crippen molar-refractivity contribution >= 4 is 27.2 Å². The van der Waals surface area contributed by atoms with Crippen molar-refractivity contribution in [2.75, 3.05) is 31.2 Å². The molecule has 0 atom stereocenters. The maximum atomic E-state index is 11.5. The van der Waals surface area contributed by atoms with Crippen molar-refractivity contribution in [2.45, 2.75) is 20.3 Å². The van der Waals surface area contributed by atoms with Crippen molar-refractivity contribution in [3.8, 4) is 0 Å². The van der Waals surface area contributed by atoms with Gasteiger partial charge in [-0.25, -0.2) is 12.7 Å². The fourth-order valence-electron chi connectivity index (χ4n) is 2.09. The van der Waals surface area contributed by atoms with Crippen LogP contribution in [-0.2, 0) is 10.0 Å². The molecule has 9 heteroatoms. The quantitative estimate of drug-likeness (QED) is 0.317. The van der Waals surface area contributed by atoms with E-state index in [-0.39, 0.29) is 17.0 Å². The van der Waals surface area contributed by atoms with E-state index in [4.69, 9.17) is 0 Å². The normalized spacial score (nSPS) is 11.5. The zero-order valence-corrected chi connectivity index (χ0v) is 14.2. The van der Waals surface area contributed by atoms with Crippen molar-refractivity contribution in [1.82, 2.24) is 4.31 Å². The van der Waals surface area contributed by atoms with Gasteiger partial charge < -0.3 is 5.32 Å². The van der Waals surface area contributed by atoms with Crippen LogP contribution in [0.2, 0.25) is 0 Å². The first-order chi connectivity index (χ1) is 10.7. The van der Waals surface area contributed by atoms with Gasteiger partial charge >= 0.3 is 0 Å². The van der Waals surface area contributed by atoms with Crippen LogP contribution in [0.1, 0.15) is 30.6 Å². The number of ketones is 1. The minimum atomic E-state index is -3.24. The van der Waals surface area contributed by atoms with Gasteiger partial charge in [0.25, 0.3) is 5.69 Å². The lowest BCUT2D eigenvalue weighted by Crippen LogP contribution is -2.31. The molecule has 0 saturated heterocycles. The van der Waals surface area contributed by atoms with Gasteiger partial charge in [-0.15, -0.1) is 0 Å². The van der Waals surface area contributed by atoms with Gasteiger partial charge in [-0.1, -0.05) is 6.92 Å². The first-order valence-corrected chi connectivity index (χ1v) is 9.00. The van der Waals surface area contributed by atoms with E-state index in [1.807, 2.05) is 0 Å². The third-order valence-corrected chi connectivity index (χ3v) is 4.70. The van der Waals surface area contributed by atoms with Gasteiger partial charge in [0, 0.05) is 31.3 Å². The summed E-state index contributed by atoms with van der Waals surface area (Å²) in [5, 5.41) is 14.0. The van der Waals surface area contributed by atoms with Gasteiger partial charge in [-0.3, -0.25) is 14.9 Å². The molecule has 8 nitrogen and oxygen atoms in total. The standard InChI is InChI=1S/C14H21N3O5S/c1-4-16(23(3,21)22)9-5-8-15-13-7-6-12(11(2)18)10-14(13)17(19)20/h6-7,10,15H,4-5,8-9H2,1-3H3. The molecule has 128 valence electrons. The SMILES string of the molecule is CCN(CCCNc1ccc(C(C)=O)cc1[N+](=O)[O-])S(C)(=O)=O. The van der Waals surface area contributed by atoms with E-state index in [0.717, 1.165) is 6.26 Å². The number of rotatable bonds is 9. The summed E-state index contributed by atoms with van der Waals surface area (Å²) in [7, 11) is -3.24. The summed E-state index contributed by atoms with van der Waals surface area (Å²) in [5.74, 6) is -0.244. The molecule has 0 aromatic heterocycles. The second kappa shape index (κ2) is 8.02. The molecule has 0 unspecified atom stereocenters. The number of nitro benzene ring substituents is 1. The molecule has 0 fully saturated rings. The Morgan fingerprint density at radius 3 is 2.52 bits per heavy atom. The van der Waals surface area contributed by atoms with Crippen molar-refractivity contribution in [1.29, 1.82) is 0 Å². The third-order valence-electron chi connectivity index (χ3n) is 3.32. The molecule has 23 heavy (non-hydrogen) atoms. The molecule has 1 aromatic rings. The number of sulfonamides is 1. The molecule has 0 aliphatic rings. The van der Waals surface area contributed by atoms with E-state index in [9.17, 15) is 23.3 Å². The van der Waals surface area contributed by atoms with Gasteiger partial charge in [-0.05, 0) is 25.5 Å². The Labute approximate surface area is 135 Å². The van der Waals surface area contributed by atoms with Crippen molar-refractivity contribution in [3.63, 3.8) is 0 Å². The lowest BCUT2D eigenvalue weighted by molar-refractivity contribution is -0.384. The van der Waals surface area contributed by atoms with E-state index in [0.29, 0.717) is 31.7 Å². The number of benzene rings is 1. The number of nitrogens with zero attached hydrogens (tertiary/aromatic N) is 2. The summed E-state index contributed by atoms with van der Waals surface area (Å²) in [6, 6.07) is 4.25. The van der Waals surface area contributed by atoms with Crippen LogP contribution in [0.5, 0.6) is 0 Å². The minimum absolute atomic E-state index is 0.173. The molecule has 0 bridgehead atoms. The van der Waals surface area contributed by atoms with E-state index in [2.05, 4.69) is 5.32 Å². The predicted octanol–water partition coefficient (Wildman–Crippen LogP) is 1.88. The zero-order chi connectivity index (χ0) is 17.6. The van der Waals surface area contributed by atoms with Crippen LogP contribution in [0.4, 0.5) is 11.4 Å². The fraction of sp³-hybridized carbons (Fsp3) is 0.500. The van der Waals surface area contributed by atoms with Crippen LogP contribution in [0, 0.1) is 10.1 Å². The summed E-state index contributed by atoms with van der Waals surface area (Å²) in [4.78, 5) is 21.8. The number of hydrogen-bond acceptors (Lipinski definition) is 6. The van der Waals surface area contributed by atoms with Gasteiger partial charge in [0.1, 0.15) is 5.69 Å². The number of nitro groups is 1. The molecule has 0 heterocycles. The Morgan fingerprint density at radius 1 is 1.39 bits per heavy atom. The topological polar surface area (TPSA) is 110 Å². The molecule has 0 spiro atoms. The lowest BCUT2D eigenvalue weighted by Gasteiger charge is -2.17. The Kier molecular flexibility index (Phi) is 6.64. The van der Waals surface area contributed by atoms with E-state index in [1.54, 1.807) is 6.92 Å². The predicted molar refractivity (Wildman–Crippen MR) is 88.3 cm³/mol. The number of hydrogen-bond donors (Lipinski definition) is 1. The zero-order valence-electron chi connectivity index (χ0n) is 13.4. The van der Waals surface area contributed by atoms with Gasteiger partial charge in [0.15, 0.2) is 5.78 Å². The molecule has 0 radical (unpaired) electrons. The minimum Gasteiger partial charge on any atom is -0.379 e. The van der Waals surface area contributed by atoms with Gasteiger partial charge in [-0.2, -0.15) is 0 Å². The number of anilines is 1. The maximum absolute atomic E-state index is 11.5. The number of carbonyl (C=O) groups excluding carboxylic acids is 1. The van der Waals surface area contributed by atoms with Crippen LogP contribution < -0.4 is 5.32 Å². The highest BCUT2D eigenvalue weighted by molar-refractivity contribution is 7.88. The number of Topliss-reactive ketones (excluding diaryl/α,β-unsaturated/α-hetero) is 1. The average Bonchev–Trinajstić information content (AvgIpc) is 2.45. The Morgan fingerprint density at radius 2 is 2.04 bits per heavy atom. The highest BCUT2D eigenvalue weighted by Crippen LogP contribution is 2.25. The molecule has 0 amide bonds. The first-order valence-electron chi connectivity index (χ1n) is 7.15. The van der Waals surface area contributed by atoms with Crippen molar-refractivity contribution in [2.24, 2.45) is 0 Å². The molecule has 0 saturated carbocycles. The second-order valence-corrected chi connectivity index (χ2v) is 7.06. The number of nitrogens with one attached hydrogen (secondary N) is 1. The van der Waals surface area contributed by atoms with Gasteiger partial charge in [0.2, 0.25) is 10.0 Å². The summed E-state index contributed by atoms with van der Waals surface area (Å²) >= 11 is 0. The van der Waals surface area contributed by atoms with E-state index in [1.165, 1.54) is 29.4 Å².